The van der Waals surface area contributed by atoms with Crippen molar-refractivity contribution in [3.63, 3.8) is 0 Å². The number of rotatable bonds is 1. The van der Waals surface area contributed by atoms with Gasteiger partial charge in [0, 0.05) is 0 Å². The summed E-state index contributed by atoms with van der Waals surface area (Å²) in [6.07, 6.45) is 2.16. The van der Waals surface area contributed by atoms with Gasteiger partial charge in [-0.25, -0.2) is 0 Å². The van der Waals surface area contributed by atoms with Crippen LogP contribution in [0.5, 0.6) is 5.75 Å². The van der Waals surface area contributed by atoms with E-state index in [4.69, 9.17) is 16.3 Å². The van der Waals surface area contributed by atoms with Crippen LogP contribution in [0.3, 0.4) is 0 Å². The van der Waals surface area contributed by atoms with Crippen LogP contribution in [0.25, 0.3) is 0 Å². The van der Waals surface area contributed by atoms with Crippen LogP contribution in [-0.2, 0) is 6.42 Å². The molecule has 2 atom stereocenters. The molecule has 0 heterocycles. The van der Waals surface area contributed by atoms with Gasteiger partial charge in [0.1, 0.15) is 5.75 Å². The fourth-order valence-electron chi connectivity index (χ4n) is 2.20. The van der Waals surface area contributed by atoms with Crippen molar-refractivity contribution in [2.24, 2.45) is 5.92 Å². The lowest BCUT2D eigenvalue weighted by molar-refractivity contribution is 0.396. The highest BCUT2D eigenvalue weighted by Gasteiger charge is 2.24. The van der Waals surface area contributed by atoms with E-state index in [9.17, 15) is 0 Å². The van der Waals surface area contributed by atoms with Crippen molar-refractivity contribution >= 4 is 11.6 Å². The summed E-state index contributed by atoms with van der Waals surface area (Å²) in [5.41, 5.74) is 2.55. The molecule has 1 aliphatic carbocycles. The Morgan fingerprint density at radius 3 is 2.93 bits per heavy atom. The maximum Gasteiger partial charge on any atom is 0.122 e. The lowest BCUT2D eigenvalue weighted by Crippen LogP contribution is -2.14. The number of halogens is 1. The number of benzene rings is 1. The predicted molar refractivity (Wildman–Crippen MR) is 59.1 cm³/mol. The summed E-state index contributed by atoms with van der Waals surface area (Å²) in [6, 6.07) is 6.14. The normalized spacial score (nSPS) is 25.6. The van der Waals surface area contributed by atoms with Gasteiger partial charge in [0.15, 0.2) is 0 Å². The molecule has 1 aromatic carbocycles. The molecule has 2 unspecified atom stereocenters. The van der Waals surface area contributed by atoms with Crippen molar-refractivity contribution in [1.82, 2.24) is 0 Å². The average molecular weight is 211 g/mol. The molecule has 1 aliphatic rings. The monoisotopic (exact) mass is 210 g/mol. The molecule has 0 saturated carbocycles. The van der Waals surface area contributed by atoms with Crippen LogP contribution in [0.1, 0.15) is 29.8 Å². The maximum atomic E-state index is 6.32. The van der Waals surface area contributed by atoms with E-state index in [1.165, 1.54) is 11.1 Å². The molecule has 14 heavy (non-hydrogen) atoms. The third-order valence-electron chi connectivity index (χ3n) is 2.89. The highest BCUT2D eigenvalue weighted by atomic mass is 35.5. The summed E-state index contributed by atoms with van der Waals surface area (Å²) in [5, 5.41) is 0.156. The van der Waals surface area contributed by atoms with Crippen LogP contribution in [-0.4, -0.2) is 7.11 Å². The van der Waals surface area contributed by atoms with Crippen LogP contribution in [0, 0.1) is 5.92 Å². The SMILES string of the molecule is COc1cccc2c1CC(C)CC2Cl. The third-order valence-corrected chi connectivity index (χ3v) is 3.30. The Morgan fingerprint density at radius 2 is 2.21 bits per heavy atom. The van der Waals surface area contributed by atoms with Crippen molar-refractivity contribution in [3.8, 4) is 5.75 Å². The van der Waals surface area contributed by atoms with E-state index < -0.39 is 0 Å². The molecule has 1 aromatic rings. The highest BCUT2D eigenvalue weighted by Crippen LogP contribution is 2.40. The van der Waals surface area contributed by atoms with Crippen LogP contribution < -0.4 is 4.74 Å². The number of methoxy groups -OCH3 is 1. The molecule has 0 aromatic heterocycles. The summed E-state index contributed by atoms with van der Waals surface area (Å²) >= 11 is 6.32. The largest absolute Gasteiger partial charge is 0.496 e. The first-order chi connectivity index (χ1) is 6.72. The Balaban J connectivity index is 2.47. The van der Waals surface area contributed by atoms with Crippen LogP contribution in [0.15, 0.2) is 18.2 Å². The zero-order chi connectivity index (χ0) is 10.1. The molecule has 0 spiro atoms. The van der Waals surface area contributed by atoms with Gasteiger partial charge in [0.05, 0.1) is 12.5 Å². The smallest absolute Gasteiger partial charge is 0.122 e. The van der Waals surface area contributed by atoms with E-state index in [1.54, 1.807) is 7.11 Å². The molecule has 0 saturated heterocycles. The molecule has 0 N–H and O–H groups in total. The summed E-state index contributed by atoms with van der Waals surface area (Å²) in [6.45, 7) is 2.24. The van der Waals surface area contributed by atoms with Gasteiger partial charge in [-0.1, -0.05) is 19.1 Å². The Bertz CT molecular complexity index is 335. The lowest BCUT2D eigenvalue weighted by Gasteiger charge is -2.27. The van der Waals surface area contributed by atoms with Gasteiger partial charge in [0.2, 0.25) is 0 Å². The number of hydrogen-bond acceptors (Lipinski definition) is 1. The van der Waals surface area contributed by atoms with Gasteiger partial charge in [-0.2, -0.15) is 0 Å². The number of fused-ring (bicyclic) bond motifs is 1. The molecule has 2 heteroatoms. The predicted octanol–water partition coefficient (Wildman–Crippen LogP) is 3.56. The lowest BCUT2D eigenvalue weighted by atomic mass is 9.84. The minimum atomic E-state index is 0.156. The van der Waals surface area contributed by atoms with E-state index >= 15 is 0 Å². The first kappa shape index (κ1) is 9.85. The molecule has 1 nitrogen and oxygen atoms in total. The molecule has 76 valence electrons. The molecular formula is C12H15ClO. The first-order valence-corrected chi connectivity index (χ1v) is 5.46. The summed E-state index contributed by atoms with van der Waals surface area (Å²) in [5.74, 6) is 1.64. The second-order valence-electron chi connectivity index (χ2n) is 4.04. The minimum absolute atomic E-state index is 0.156. The number of ether oxygens (including phenoxy) is 1. The van der Waals surface area contributed by atoms with Gasteiger partial charge in [0.25, 0.3) is 0 Å². The van der Waals surface area contributed by atoms with Gasteiger partial charge in [-0.15, -0.1) is 11.6 Å². The van der Waals surface area contributed by atoms with E-state index in [0.717, 1.165) is 18.6 Å². The summed E-state index contributed by atoms with van der Waals surface area (Å²) < 4.78 is 5.35. The van der Waals surface area contributed by atoms with Crippen LogP contribution in [0.4, 0.5) is 0 Å². The van der Waals surface area contributed by atoms with E-state index in [-0.39, 0.29) is 5.38 Å². The Morgan fingerprint density at radius 1 is 1.43 bits per heavy atom. The molecular weight excluding hydrogens is 196 g/mol. The van der Waals surface area contributed by atoms with Gasteiger partial charge >= 0.3 is 0 Å². The zero-order valence-electron chi connectivity index (χ0n) is 8.59. The fourth-order valence-corrected chi connectivity index (χ4v) is 2.71. The number of hydrogen-bond donors (Lipinski definition) is 0. The van der Waals surface area contributed by atoms with Crippen molar-refractivity contribution in [3.05, 3.63) is 29.3 Å². The highest BCUT2D eigenvalue weighted by molar-refractivity contribution is 6.21. The van der Waals surface area contributed by atoms with Gasteiger partial charge in [-0.05, 0) is 36.0 Å². The van der Waals surface area contributed by atoms with Crippen molar-refractivity contribution in [2.75, 3.05) is 7.11 Å². The van der Waals surface area contributed by atoms with Crippen molar-refractivity contribution in [1.29, 1.82) is 0 Å². The average Bonchev–Trinajstić information content (AvgIpc) is 2.17. The molecule has 0 bridgehead atoms. The first-order valence-electron chi connectivity index (χ1n) is 5.02. The van der Waals surface area contributed by atoms with Crippen molar-refractivity contribution < 1.29 is 4.74 Å². The maximum absolute atomic E-state index is 6.32. The topological polar surface area (TPSA) is 9.23 Å². The Hall–Kier alpha value is -0.690. The Kier molecular flexibility index (Phi) is 2.69. The molecule has 0 fully saturated rings. The summed E-state index contributed by atoms with van der Waals surface area (Å²) in [4.78, 5) is 0. The quantitative estimate of drug-likeness (QED) is 0.644. The number of alkyl halides is 1. The van der Waals surface area contributed by atoms with E-state index in [2.05, 4.69) is 13.0 Å². The molecule has 0 radical (unpaired) electrons. The molecule has 2 rings (SSSR count). The van der Waals surface area contributed by atoms with Gasteiger partial charge < -0.3 is 4.74 Å². The second-order valence-corrected chi connectivity index (χ2v) is 4.57. The molecule has 0 amide bonds. The van der Waals surface area contributed by atoms with E-state index in [0.29, 0.717) is 5.92 Å². The second kappa shape index (κ2) is 3.82. The third kappa shape index (κ3) is 1.61. The van der Waals surface area contributed by atoms with Crippen LogP contribution >= 0.6 is 11.6 Å². The summed E-state index contributed by atoms with van der Waals surface area (Å²) in [7, 11) is 1.72. The fraction of sp³-hybridized carbons (Fsp3) is 0.500. The minimum Gasteiger partial charge on any atom is -0.496 e. The van der Waals surface area contributed by atoms with Gasteiger partial charge in [-0.3, -0.25) is 0 Å². The Labute approximate surface area is 90.0 Å². The van der Waals surface area contributed by atoms with Crippen molar-refractivity contribution in [2.45, 2.75) is 25.1 Å². The molecule has 0 aliphatic heterocycles. The van der Waals surface area contributed by atoms with E-state index in [1.807, 2.05) is 12.1 Å². The van der Waals surface area contributed by atoms with Crippen LogP contribution in [0.2, 0.25) is 0 Å². The standard InChI is InChI=1S/C12H15ClO/c1-8-6-10-9(11(13)7-8)4-3-5-12(10)14-2/h3-5,8,11H,6-7H2,1-2H3. The zero-order valence-corrected chi connectivity index (χ0v) is 9.34.